The molecule has 0 saturated carbocycles. The van der Waals surface area contributed by atoms with E-state index in [0.29, 0.717) is 19.3 Å². The van der Waals surface area contributed by atoms with E-state index in [2.05, 4.69) is 118 Å². The summed E-state index contributed by atoms with van der Waals surface area (Å²) in [6.45, 7) is 6.44. The Morgan fingerprint density at radius 1 is 0.259 bits per heavy atom. The van der Waals surface area contributed by atoms with E-state index in [9.17, 15) is 14.4 Å². The number of ether oxygens (including phenoxy) is 3. The zero-order chi connectivity index (χ0) is 58.5. The topological polar surface area (TPSA) is 78.9 Å². The number of unbranched alkanes of at least 4 members (excludes halogenated alkanes) is 36. The third-order valence-corrected chi connectivity index (χ3v) is 15.1. The van der Waals surface area contributed by atoms with Crippen LogP contribution in [-0.4, -0.2) is 37.2 Å². The highest BCUT2D eigenvalue weighted by Crippen LogP contribution is 2.18. The molecule has 0 rings (SSSR count). The van der Waals surface area contributed by atoms with Crippen molar-refractivity contribution in [1.29, 1.82) is 0 Å². The van der Waals surface area contributed by atoms with E-state index < -0.39 is 6.10 Å². The van der Waals surface area contributed by atoms with E-state index in [-0.39, 0.29) is 31.1 Å². The number of hydrogen-bond acceptors (Lipinski definition) is 6. The maximum absolute atomic E-state index is 12.9. The quantitative estimate of drug-likeness (QED) is 0.0261. The SMILES string of the molecule is CC/C=C\C/C=C\C/C=C\C/C=C\CCCCCCCCCCCCCCCCCCCCC(=O)OCC(COC(=O)CCCCCCCCCCCCC)OC(=O)CCCCCCCCCC/C=C\C/C=C\C/C=C\C/C=C\CC. The van der Waals surface area contributed by atoms with Crippen molar-refractivity contribution in [3.8, 4) is 0 Å². The number of carbonyl (C=O) groups excluding carboxylic acids is 3. The van der Waals surface area contributed by atoms with Gasteiger partial charge in [-0.2, -0.15) is 0 Å². The molecule has 0 radical (unpaired) electrons. The summed E-state index contributed by atoms with van der Waals surface area (Å²) in [5.41, 5.74) is 0. The second-order valence-corrected chi connectivity index (χ2v) is 23.0. The lowest BCUT2D eigenvalue weighted by Gasteiger charge is -2.18. The van der Waals surface area contributed by atoms with Crippen molar-refractivity contribution >= 4 is 17.9 Å². The molecule has 0 aliphatic rings. The number of allylic oxidation sites excluding steroid dienone is 16. The standard InChI is InChI=1S/C75H130O6/c1-4-7-10-13-16-19-22-24-26-28-30-32-33-34-35-36-37-38-39-40-41-43-44-46-48-50-53-56-59-62-65-68-74(77)80-71-72(70-79-73(76)67-64-61-58-55-52-21-18-15-12-9-6-3)81-75(78)69-66-63-60-57-54-51-49-47-45-42-31-29-27-25-23-20-17-14-11-8-5-2/h7-8,10-11,16-17,19-20,24-27,30-32,42,72H,4-6,9,12-15,18,21-23,28-29,33-41,43-71H2,1-3H3/b10-7-,11-8-,19-16-,20-17-,26-24-,27-25-,32-30-,42-31-. The summed E-state index contributed by atoms with van der Waals surface area (Å²) in [5.74, 6) is -0.868. The lowest BCUT2D eigenvalue weighted by atomic mass is 10.0. The zero-order valence-electron chi connectivity index (χ0n) is 53.5. The Labute approximate surface area is 502 Å². The number of esters is 3. The predicted molar refractivity (Wildman–Crippen MR) is 353 cm³/mol. The Bertz CT molecular complexity index is 1580. The normalized spacial score (nSPS) is 12.7. The Morgan fingerprint density at radius 3 is 0.753 bits per heavy atom. The van der Waals surface area contributed by atoms with E-state index >= 15 is 0 Å². The monoisotopic (exact) mass is 1130 g/mol. The molecule has 1 atom stereocenters. The van der Waals surface area contributed by atoms with Crippen molar-refractivity contribution in [3.63, 3.8) is 0 Å². The third-order valence-electron chi connectivity index (χ3n) is 15.1. The second-order valence-electron chi connectivity index (χ2n) is 23.0. The third kappa shape index (κ3) is 67.0. The first-order valence-corrected chi connectivity index (χ1v) is 34.7. The first kappa shape index (κ1) is 77.3. The molecular weight excluding hydrogens is 997 g/mol. The van der Waals surface area contributed by atoms with E-state index in [1.165, 1.54) is 186 Å². The van der Waals surface area contributed by atoms with Crippen LogP contribution in [0.2, 0.25) is 0 Å². The highest BCUT2D eigenvalue weighted by molar-refractivity contribution is 5.71. The van der Waals surface area contributed by atoms with Gasteiger partial charge in [-0.1, -0.05) is 323 Å². The van der Waals surface area contributed by atoms with Gasteiger partial charge in [0.2, 0.25) is 0 Å². The summed E-state index contributed by atoms with van der Waals surface area (Å²) in [5, 5.41) is 0. The van der Waals surface area contributed by atoms with E-state index in [4.69, 9.17) is 14.2 Å². The van der Waals surface area contributed by atoms with E-state index in [0.717, 1.165) is 116 Å². The molecule has 81 heavy (non-hydrogen) atoms. The summed E-state index contributed by atoms with van der Waals surface area (Å²) in [6.07, 6.45) is 93.0. The van der Waals surface area contributed by atoms with Crippen molar-refractivity contribution in [2.75, 3.05) is 13.2 Å². The van der Waals surface area contributed by atoms with Crippen LogP contribution in [-0.2, 0) is 28.6 Å². The molecule has 6 heteroatoms. The van der Waals surface area contributed by atoms with Crippen molar-refractivity contribution in [2.24, 2.45) is 0 Å². The number of hydrogen-bond donors (Lipinski definition) is 0. The first-order chi connectivity index (χ1) is 40.0. The summed E-state index contributed by atoms with van der Waals surface area (Å²) in [4.78, 5) is 38.4. The zero-order valence-corrected chi connectivity index (χ0v) is 53.5. The largest absolute Gasteiger partial charge is 0.462 e. The summed E-state index contributed by atoms with van der Waals surface area (Å²) >= 11 is 0. The molecule has 0 heterocycles. The molecule has 466 valence electrons. The summed E-state index contributed by atoms with van der Waals surface area (Å²) in [6, 6.07) is 0. The minimum absolute atomic E-state index is 0.0759. The maximum Gasteiger partial charge on any atom is 0.306 e. The van der Waals surface area contributed by atoms with Crippen LogP contribution in [0.4, 0.5) is 0 Å². The average molecular weight is 1130 g/mol. The molecule has 0 aromatic heterocycles. The van der Waals surface area contributed by atoms with Gasteiger partial charge in [-0.3, -0.25) is 14.4 Å². The molecule has 0 amide bonds. The molecule has 0 spiro atoms. The molecule has 0 aromatic carbocycles. The van der Waals surface area contributed by atoms with Gasteiger partial charge in [0.15, 0.2) is 6.10 Å². The second kappa shape index (κ2) is 68.8. The summed E-state index contributed by atoms with van der Waals surface area (Å²) in [7, 11) is 0. The van der Waals surface area contributed by atoms with Crippen LogP contribution in [0.15, 0.2) is 97.2 Å². The highest BCUT2D eigenvalue weighted by atomic mass is 16.6. The Kier molecular flexibility index (Phi) is 65.7. The fourth-order valence-corrected chi connectivity index (χ4v) is 9.96. The van der Waals surface area contributed by atoms with Crippen LogP contribution < -0.4 is 0 Å². The fourth-order valence-electron chi connectivity index (χ4n) is 9.96. The van der Waals surface area contributed by atoms with Crippen LogP contribution in [0.3, 0.4) is 0 Å². The fraction of sp³-hybridized carbons (Fsp3) is 0.747. The predicted octanol–water partition coefficient (Wildman–Crippen LogP) is 24.0. The molecule has 0 bridgehead atoms. The van der Waals surface area contributed by atoms with Gasteiger partial charge in [0.1, 0.15) is 13.2 Å². The van der Waals surface area contributed by atoms with Gasteiger partial charge in [-0.15, -0.1) is 0 Å². The van der Waals surface area contributed by atoms with Crippen molar-refractivity contribution in [2.45, 2.75) is 348 Å². The lowest BCUT2D eigenvalue weighted by Crippen LogP contribution is -2.30. The van der Waals surface area contributed by atoms with Gasteiger partial charge in [-0.05, 0) is 96.3 Å². The van der Waals surface area contributed by atoms with E-state index in [1.54, 1.807) is 0 Å². The first-order valence-electron chi connectivity index (χ1n) is 34.7. The molecule has 0 saturated heterocycles. The lowest BCUT2D eigenvalue weighted by molar-refractivity contribution is -0.167. The maximum atomic E-state index is 12.9. The Hall–Kier alpha value is -3.67. The smallest absolute Gasteiger partial charge is 0.306 e. The highest BCUT2D eigenvalue weighted by Gasteiger charge is 2.19. The van der Waals surface area contributed by atoms with Crippen LogP contribution in [0.1, 0.15) is 342 Å². The van der Waals surface area contributed by atoms with Crippen LogP contribution in [0.25, 0.3) is 0 Å². The van der Waals surface area contributed by atoms with Crippen molar-refractivity contribution in [1.82, 2.24) is 0 Å². The molecule has 0 fully saturated rings. The van der Waals surface area contributed by atoms with Crippen LogP contribution >= 0.6 is 0 Å². The molecular formula is C75H130O6. The minimum atomic E-state index is -0.780. The van der Waals surface area contributed by atoms with Crippen molar-refractivity contribution < 1.29 is 28.6 Å². The number of rotatable bonds is 63. The van der Waals surface area contributed by atoms with E-state index in [1.807, 2.05) is 0 Å². The van der Waals surface area contributed by atoms with Gasteiger partial charge < -0.3 is 14.2 Å². The molecule has 1 unspecified atom stereocenters. The van der Waals surface area contributed by atoms with Gasteiger partial charge in [0, 0.05) is 19.3 Å². The Balaban J connectivity index is 4.18. The van der Waals surface area contributed by atoms with Gasteiger partial charge in [-0.25, -0.2) is 0 Å². The molecule has 0 N–H and O–H groups in total. The number of carbonyl (C=O) groups is 3. The van der Waals surface area contributed by atoms with Crippen LogP contribution in [0.5, 0.6) is 0 Å². The molecule has 0 aromatic rings. The summed E-state index contributed by atoms with van der Waals surface area (Å²) < 4.78 is 17.0. The minimum Gasteiger partial charge on any atom is -0.462 e. The average Bonchev–Trinajstić information content (AvgIpc) is 3.47. The molecule has 0 aliphatic carbocycles. The Morgan fingerprint density at radius 2 is 0.481 bits per heavy atom. The van der Waals surface area contributed by atoms with Gasteiger partial charge in [0.25, 0.3) is 0 Å². The van der Waals surface area contributed by atoms with Crippen LogP contribution in [0, 0.1) is 0 Å². The van der Waals surface area contributed by atoms with Gasteiger partial charge in [0.05, 0.1) is 0 Å². The molecule has 0 aliphatic heterocycles. The van der Waals surface area contributed by atoms with Crippen molar-refractivity contribution in [3.05, 3.63) is 97.2 Å². The van der Waals surface area contributed by atoms with Gasteiger partial charge >= 0.3 is 17.9 Å². The molecule has 6 nitrogen and oxygen atoms in total.